The van der Waals surface area contributed by atoms with Gasteiger partial charge in [0.1, 0.15) is 17.7 Å². The van der Waals surface area contributed by atoms with Crippen molar-refractivity contribution >= 4 is 23.9 Å². The van der Waals surface area contributed by atoms with Crippen LogP contribution in [0.2, 0.25) is 0 Å². The van der Waals surface area contributed by atoms with E-state index in [0.29, 0.717) is 42.5 Å². The molecule has 248 valence electrons. The summed E-state index contributed by atoms with van der Waals surface area (Å²) in [6.45, 7) is 8.58. The van der Waals surface area contributed by atoms with E-state index in [9.17, 15) is 27.6 Å². The van der Waals surface area contributed by atoms with Crippen LogP contribution in [0.15, 0.2) is 59.2 Å². The van der Waals surface area contributed by atoms with Crippen molar-refractivity contribution in [3.63, 3.8) is 0 Å². The third-order valence-electron chi connectivity index (χ3n) is 10.7. The van der Waals surface area contributed by atoms with Gasteiger partial charge in [-0.1, -0.05) is 50.3 Å². The molecule has 11 heteroatoms. The summed E-state index contributed by atoms with van der Waals surface area (Å²) in [6, 6.07) is 7.65. The van der Waals surface area contributed by atoms with E-state index in [1.54, 1.807) is 24.3 Å². The lowest BCUT2D eigenvalue weighted by molar-refractivity contribution is -0.952. The SMILES string of the molecule is CC(=O)OC1(NC(=O)C(=Cc2ccccc2)C(F)(F)F)C=CC2=C3C1O[C@H]1CCCC4(OC(C)=O)[C@@H](C2)[N+](C)(CC(C)C)CC[C@]314. The summed E-state index contributed by atoms with van der Waals surface area (Å²) >= 11 is 0. The Balaban J connectivity index is 1.49. The number of nitrogens with one attached hydrogen (secondary N) is 1. The van der Waals surface area contributed by atoms with E-state index < -0.39 is 58.5 Å². The topological polar surface area (TPSA) is 90.9 Å². The molecule has 7 atom stereocenters. The van der Waals surface area contributed by atoms with Crippen LogP contribution in [0, 0.1) is 11.3 Å². The van der Waals surface area contributed by atoms with Crippen molar-refractivity contribution in [2.24, 2.45) is 11.3 Å². The fraction of sp³-hybridized carbons (Fsp3) is 0.571. The minimum absolute atomic E-state index is 0.0810. The molecule has 3 aliphatic carbocycles. The first-order valence-corrected chi connectivity index (χ1v) is 16.0. The van der Waals surface area contributed by atoms with Gasteiger partial charge in [-0.25, -0.2) is 0 Å². The van der Waals surface area contributed by atoms with Crippen LogP contribution in [0.5, 0.6) is 0 Å². The lowest BCUT2D eigenvalue weighted by Gasteiger charge is -2.66. The number of benzene rings is 1. The molecule has 46 heavy (non-hydrogen) atoms. The Kier molecular flexibility index (Phi) is 7.83. The molecular formula is C35H42F3N2O6+. The molecule has 2 saturated heterocycles. The summed E-state index contributed by atoms with van der Waals surface area (Å²) in [6.07, 6.45) is 0.537. The Morgan fingerprint density at radius 2 is 1.80 bits per heavy atom. The van der Waals surface area contributed by atoms with Crippen LogP contribution in [0.3, 0.4) is 0 Å². The quantitative estimate of drug-likeness (QED) is 0.186. The number of hydrogen-bond donors (Lipinski definition) is 1. The Morgan fingerprint density at radius 1 is 1.11 bits per heavy atom. The smallest absolute Gasteiger partial charge is 0.421 e. The second kappa shape index (κ2) is 11.1. The highest BCUT2D eigenvalue weighted by molar-refractivity contribution is 6.00. The van der Waals surface area contributed by atoms with Gasteiger partial charge in [0.15, 0.2) is 5.60 Å². The number of ether oxygens (including phenoxy) is 3. The Bertz CT molecular complexity index is 1540. The lowest BCUT2D eigenvalue weighted by atomic mass is 9.47. The Morgan fingerprint density at radius 3 is 2.43 bits per heavy atom. The van der Waals surface area contributed by atoms with Crippen molar-refractivity contribution in [2.75, 3.05) is 20.1 Å². The maximum Gasteiger partial charge on any atom is 0.421 e. The van der Waals surface area contributed by atoms with Crippen LogP contribution in [-0.4, -0.2) is 78.2 Å². The van der Waals surface area contributed by atoms with Crippen LogP contribution in [0.4, 0.5) is 13.2 Å². The predicted octanol–water partition coefficient (Wildman–Crippen LogP) is 5.39. The van der Waals surface area contributed by atoms with Crippen molar-refractivity contribution in [1.29, 1.82) is 0 Å². The van der Waals surface area contributed by atoms with E-state index in [-0.39, 0.29) is 11.6 Å². The van der Waals surface area contributed by atoms with Crippen LogP contribution in [-0.2, 0) is 28.6 Å². The van der Waals surface area contributed by atoms with Gasteiger partial charge in [-0.15, -0.1) is 0 Å². The number of carbonyl (C=O) groups is 3. The fourth-order valence-corrected chi connectivity index (χ4v) is 9.56. The number of likely N-dealkylation sites (N-methyl/N-ethyl adjacent to an activating group) is 1. The monoisotopic (exact) mass is 643 g/mol. The van der Waals surface area contributed by atoms with Gasteiger partial charge in [-0.3, -0.25) is 14.4 Å². The number of halogens is 3. The zero-order valence-corrected chi connectivity index (χ0v) is 26.9. The maximum atomic E-state index is 14.4. The molecular weight excluding hydrogens is 601 g/mol. The lowest BCUT2D eigenvalue weighted by Crippen LogP contribution is -2.79. The number of amides is 1. The van der Waals surface area contributed by atoms with Gasteiger partial charge in [0, 0.05) is 32.6 Å². The summed E-state index contributed by atoms with van der Waals surface area (Å²) in [5, 5.41) is 2.47. The van der Waals surface area contributed by atoms with Crippen molar-refractivity contribution < 1.29 is 46.2 Å². The van der Waals surface area contributed by atoms with Gasteiger partial charge < -0.3 is 24.0 Å². The first kappa shape index (κ1) is 32.5. The average molecular weight is 644 g/mol. The molecule has 1 aromatic carbocycles. The first-order valence-electron chi connectivity index (χ1n) is 16.0. The van der Waals surface area contributed by atoms with Crippen LogP contribution in [0.1, 0.15) is 65.4 Å². The van der Waals surface area contributed by atoms with Crippen molar-refractivity contribution in [1.82, 2.24) is 5.32 Å². The molecule has 4 unspecified atom stereocenters. The number of likely N-dealkylation sites (tertiary alicyclic amines) is 1. The minimum Gasteiger partial charge on any atom is -0.452 e. The molecule has 2 bridgehead atoms. The second-order valence-electron chi connectivity index (χ2n) is 14.2. The number of piperidine rings is 1. The largest absolute Gasteiger partial charge is 0.452 e. The van der Waals surface area contributed by atoms with Gasteiger partial charge in [0.25, 0.3) is 5.91 Å². The first-order chi connectivity index (χ1) is 21.6. The molecule has 2 heterocycles. The van der Waals surface area contributed by atoms with E-state index in [1.807, 2.05) is 0 Å². The minimum atomic E-state index is -5.01. The van der Waals surface area contributed by atoms with Gasteiger partial charge >= 0.3 is 18.1 Å². The molecule has 2 aliphatic heterocycles. The molecule has 1 saturated carbocycles. The highest BCUT2D eigenvalue weighted by atomic mass is 19.4. The summed E-state index contributed by atoms with van der Waals surface area (Å²) < 4.78 is 63.0. The summed E-state index contributed by atoms with van der Waals surface area (Å²) in [5.74, 6) is -2.26. The molecule has 8 nitrogen and oxygen atoms in total. The van der Waals surface area contributed by atoms with E-state index in [2.05, 4.69) is 26.2 Å². The van der Waals surface area contributed by atoms with Crippen molar-refractivity contribution in [3.8, 4) is 0 Å². The zero-order valence-electron chi connectivity index (χ0n) is 26.9. The summed E-state index contributed by atoms with van der Waals surface area (Å²) in [7, 11) is 2.22. The third kappa shape index (κ3) is 4.92. The van der Waals surface area contributed by atoms with Crippen LogP contribution < -0.4 is 5.32 Å². The van der Waals surface area contributed by atoms with Crippen molar-refractivity contribution in [2.45, 2.75) is 95.6 Å². The second-order valence-corrected chi connectivity index (χ2v) is 14.2. The van der Waals surface area contributed by atoms with Gasteiger partial charge in [-0.2, -0.15) is 13.2 Å². The van der Waals surface area contributed by atoms with E-state index in [4.69, 9.17) is 14.2 Å². The zero-order chi connectivity index (χ0) is 33.3. The molecule has 6 rings (SSSR count). The summed E-state index contributed by atoms with van der Waals surface area (Å²) in [4.78, 5) is 39.2. The third-order valence-corrected chi connectivity index (χ3v) is 10.7. The molecule has 0 radical (unpaired) electrons. The fourth-order valence-electron chi connectivity index (χ4n) is 9.56. The summed E-state index contributed by atoms with van der Waals surface area (Å²) in [5.41, 5.74) is -3.34. The van der Waals surface area contributed by atoms with Crippen LogP contribution >= 0.6 is 0 Å². The van der Waals surface area contributed by atoms with Crippen molar-refractivity contribution in [3.05, 3.63) is 64.8 Å². The van der Waals surface area contributed by atoms with Crippen LogP contribution in [0.25, 0.3) is 6.08 Å². The molecule has 3 fully saturated rings. The standard InChI is InChI=1S/C35H41F3N2O6/c1-21(2)20-40(5)17-16-32-28-12-9-14-33(32,45-22(3)41)27(40)19-25-13-15-34(46-23(4)42,30(44-28)29(25)32)39-31(43)26(35(36,37)38)18-24-10-7-6-8-11-24/h6-8,10-11,13,15,18,21,27-28,30H,9,12,14,16-17,19-20H2,1-5H3/p+1/t27-,28+,30?,32-,33?,34?,40?/m1/s1. The number of esters is 2. The molecule has 1 amide bonds. The van der Waals surface area contributed by atoms with Gasteiger partial charge in [-0.05, 0) is 48.1 Å². The molecule has 5 aliphatic rings. The Hall–Kier alpha value is -3.44. The Labute approximate surface area is 267 Å². The highest BCUT2D eigenvalue weighted by Gasteiger charge is 2.79. The van der Waals surface area contributed by atoms with E-state index in [1.165, 1.54) is 25.1 Å². The number of alkyl halides is 3. The average Bonchev–Trinajstić information content (AvgIpc) is 3.30. The van der Waals surface area contributed by atoms with Gasteiger partial charge in [0.2, 0.25) is 5.72 Å². The number of carbonyl (C=O) groups excluding carboxylic acids is 3. The molecule has 1 N–H and O–H groups in total. The predicted molar refractivity (Wildman–Crippen MR) is 163 cm³/mol. The number of hydrogen-bond acceptors (Lipinski definition) is 6. The maximum absolute atomic E-state index is 14.4. The number of nitrogens with zero attached hydrogens (tertiary/aromatic N) is 1. The van der Waals surface area contributed by atoms with E-state index in [0.717, 1.165) is 37.2 Å². The number of rotatable bonds is 7. The van der Waals surface area contributed by atoms with E-state index >= 15 is 0 Å². The molecule has 1 spiro atoms. The number of quaternary nitrogens is 1. The normalized spacial score (nSPS) is 36.3. The molecule has 1 aromatic rings. The number of allylic oxidation sites excluding steroid dienone is 1. The highest BCUT2D eigenvalue weighted by Crippen LogP contribution is 2.70. The van der Waals surface area contributed by atoms with Gasteiger partial charge in [0.05, 0.1) is 31.7 Å². The molecule has 0 aromatic heterocycles.